The maximum absolute atomic E-state index is 13.0. The van der Waals surface area contributed by atoms with Crippen LogP contribution in [0.15, 0.2) is 48.5 Å². The third kappa shape index (κ3) is 5.51. The molecular weight excluding hydrogens is 378 g/mol. The highest BCUT2D eigenvalue weighted by atomic mass is 35.5. The van der Waals surface area contributed by atoms with E-state index >= 15 is 0 Å². The number of halogens is 1. The monoisotopic (exact) mass is 403 g/mol. The van der Waals surface area contributed by atoms with Crippen LogP contribution >= 0.6 is 23.7 Å². The Morgan fingerprint density at radius 2 is 1.78 bits per heavy atom. The molecule has 1 amide bonds. The largest absolute Gasteiger partial charge is 0.308 e. The van der Waals surface area contributed by atoms with E-state index in [2.05, 4.69) is 30.0 Å². The van der Waals surface area contributed by atoms with Crippen LogP contribution in [0.5, 0.6) is 0 Å². The smallest absolute Gasteiger partial charge is 0.233 e. The van der Waals surface area contributed by atoms with E-state index in [1.165, 1.54) is 5.56 Å². The van der Waals surface area contributed by atoms with E-state index in [1.807, 2.05) is 49.3 Å². The molecule has 144 valence electrons. The molecular formula is C21H26ClN3OS. The summed E-state index contributed by atoms with van der Waals surface area (Å²) < 4.78 is 1.14. The number of amides is 1. The van der Waals surface area contributed by atoms with Crippen LogP contribution in [0.4, 0.5) is 5.13 Å². The number of thiazole rings is 1. The minimum absolute atomic E-state index is 0. The van der Waals surface area contributed by atoms with Gasteiger partial charge in [-0.3, -0.25) is 9.69 Å². The molecule has 4 nitrogen and oxygen atoms in total. The summed E-state index contributed by atoms with van der Waals surface area (Å²) in [5, 5.41) is 0.788. The summed E-state index contributed by atoms with van der Waals surface area (Å²) in [5.41, 5.74) is 3.29. The highest BCUT2D eigenvalue weighted by molar-refractivity contribution is 7.22. The van der Waals surface area contributed by atoms with Gasteiger partial charge in [-0.05, 0) is 43.8 Å². The molecule has 0 radical (unpaired) electrons. The van der Waals surface area contributed by atoms with Gasteiger partial charge >= 0.3 is 0 Å². The molecule has 6 heteroatoms. The lowest BCUT2D eigenvalue weighted by Gasteiger charge is -2.22. The van der Waals surface area contributed by atoms with Crippen LogP contribution in [-0.2, 0) is 17.6 Å². The van der Waals surface area contributed by atoms with Crippen LogP contribution in [0.1, 0.15) is 18.1 Å². The average Bonchev–Trinajstić information content (AvgIpc) is 3.05. The number of aromatic nitrogens is 1. The lowest BCUT2D eigenvalue weighted by atomic mass is 10.1. The number of anilines is 1. The van der Waals surface area contributed by atoms with Gasteiger partial charge in [0, 0.05) is 13.1 Å². The molecule has 0 bridgehead atoms. The van der Waals surface area contributed by atoms with Crippen molar-refractivity contribution >= 4 is 45.0 Å². The van der Waals surface area contributed by atoms with Crippen molar-refractivity contribution in [2.45, 2.75) is 19.8 Å². The number of rotatable bonds is 7. The van der Waals surface area contributed by atoms with Gasteiger partial charge in [0.25, 0.3) is 0 Å². The van der Waals surface area contributed by atoms with Crippen LogP contribution in [0.25, 0.3) is 10.2 Å². The van der Waals surface area contributed by atoms with E-state index in [4.69, 9.17) is 4.98 Å². The third-order valence-corrected chi connectivity index (χ3v) is 5.39. The van der Waals surface area contributed by atoms with E-state index in [1.54, 1.807) is 11.3 Å². The van der Waals surface area contributed by atoms with E-state index < -0.39 is 0 Å². The van der Waals surface area contributed by atoms with Gasteiger partial charge in [-0.15, -0.1) is 12.4 Å². The molecule has 3 aromatic rings. The van der Waals surface area contributed by atoms with Crippen LogP contribution < -0.4 is 4.90 Å². The van der Waals surface area contributed by atoms with Crippen molar-refractivity contribution in [2.24, 2.45) is 0 Å². The first-order chi connectivity index (χ1) is 12.6. The van der Waals surface area contributed by atoms with Crippen LogP contribution in [0.2, 0.25) is 0 Å². The quantitative estimate of drug-likeness (QED) is 0.586. The number of likely N-dealkylation sites (N-methyl/N-ethyl adjacent to an activating group) is 1. The summed E-state index contributed by atoms with van der Waals surface area (Å²) in [6.07, 6.45) is 1.39. The second-order valence-corrected chi connectivity index (χ2v) is 7.67. The van der Waals surface area contributed by atoms with Crippen LogP contribution in [0.3, 0.4) is 0 Å². The molecule has 0 aliphatic heterocycles. The first-order valence-corrected chi connectivity index (χ1v) is 9.77. The summed E-state index contributed by atoms with van der Waals surface area (Å²) in [5.74, 6) is 0.0906. The number of aryl methyl sites for hydroxylation is 1. The van der Waals surface area contributed by atoms with Crippen LogP contribution in [-0.4, -0.2) is 43.0 Å². The zero-order chi connectivity index (χ0) is 18.5. The van der Waals surface area contributed by atoms with E-state index in [0.29, 0.717) is 13.0 Å². The second kappa shape index (κ2) is 9.83. The highest BCUT2D eigenvalue weighted by Crippen LogP contribution is 2.30. The van der Waals surface area contributed by atoms with E-state index in [9.17, 15) is 4.79 Å². The van der Waals surface area contributed by atoms with E-state index in [-0.39, 0.29) is 18.3 Å². The molecule has 27 heavy (non-hydrogen) atoms. The number of hydrogen-bond acceptors (Lipinski definition) is 4. The molecule has 1 aromatic heterocycles. The molecule has 0 saturated carbocycles. The molecule has 0 fully saturated rings. The zero-order valence-corrected chi connectivity index (χ0v) is 17.6. The molecule has 3 rings (SSSR count). The Kier molecular flexibility index (Phi) is 7.78. The zero-order valence-electron chi connectivity index (χ0n) is 16.0. The fraction of sp³-hybridized carbons (Fsp3) is 0.333. The lowest BCUT2D eigenvalue weighted by Crippen LogP contribution is -2.37. The maximum Gasteiger partial charge on any atom is 0.233 e. The summed E-state index contributed by atoms with van der Waals surface area (Å²) in [6.45, 7) is 3.59. The Balaban J connectivity index is 0.00000261. The standard InChI is InChI=1S/C21H25N3OS.ClH/c1-4-16-10-11-18-19(14-16)26-21(22-18)24(13-12-23(2)3)20(25)15-17-8-6-5-7-9-17;/h5-11,14H,4,12-13,15H2,1-3H3;1H. The van der Waals surface area contributed by atoms with Gasteiger partial charge in [-0.25, -0.2) is 4.98 Å². The fourth-order valence-corrected chi connectivity index (χ4v) is 3.86. The molecule has 0 aliphatic carbocycles. The molecule has 2 aromatic carbocycles. The van der Waals surface area contributed by atoms with Gasteiger partial charge in [0.15, 0.2) is 5.13 Å². The molecule has 0 spiro atoms. The molecule has 0 unspecified atom stereocenters. The number of nitrogens with zero attached hydrogens (tertiary/aromatic N) is 3. The van der Waals surface area contributed by atoms with Gasteiger partial charge in [0.1, 0.15) is 0 Å². The van der Waals surface area contributed by atoms with Gasteiger partial charge in [0.2, 0.25) is 5.91 Å². The van der Waals surface area contributed by atoms with Crippen molar-refractivity contribution in [2.75, 3.05) is 32.1 Å². The highest BCUT2D eigenvalue weighted by Gasteiger charge is 2.20. The van der Waals surface area contributed by atoms with Crippen molar-refractivity contribution in [3.05, 3.63) is 59.7 Å². The Hall–Kier alpha value is -1.95. The number of carbonyl (C=O) groups excluding carboxylic acids is 1. The predicted molar refractivity (Wildman–Crippen MR) is 117 cm³/mol. The molecule has 0 N–H and O–H groups in total. The first kappa shape index (κ1) is 21.4. The Labute approximate surface area is 171 Å². The average molecular weight is 404 g/mol. The summed E-state index contributed by atoms with van der Waals surface area (Å²) in [4.78, 5) is 21.7. The normalized spacial score (nSPS) is 10.8. The summed E-state index contributed by atoms with van der Waals surface area (Å²) in [7, 11) is 4.04. The lowest BCUT2D eigenvalue weighted by molar-refractivity contribution is -0.118. The van der Waals surface area contributed by atoms with Crippen LogP contribution in [0, 0.1) is 0 Å². The Morgan fingerprint density at radius 3 is 2.44 bits per heavy atom. The minimum atomic E-state index is 0. The minimum Gasteiger partial charge on any atom is -0.308 e. The van der Waals surface area contributed by atoms with Crippen molar-refractivity contribution < 1.29 is 4.79 Å². The third-order valence-electron chi connectivity index (χ3n) is 4.35. The van der Waals surface area contributed by atoms with Crippen molar-refractivity contribution in [1.29, 1.82) is 0 Å². The topological polar surface area (TPSA) is 36.4 Å². The number of benzene rings is 2. The first-order valence-electron chi connectivity index (χ1n) is 8.95. The maximum atomic E-state index is 13.0. The predicted octanol–water partition coefficient (Wildman–Crippen LogP) is 4.42. The number of fused-ring (bicyclic) bond motifs is 1. The van der Waals surface area contributed by atoms with Gasteiger partial charge in [-0.2, -0.15) is 0 Å². The van der Waals surface area contributed by atoms with Gasteiger partial charge < -0.3 is 4.90 Å². The van der Waals surface area contributed by atoms with E-state index in [0.717, 1.165) is 33.9 Å². The van der Waals surface area contributed by atoms with Crippen molar-refractivity contribution in [3.63, 3.8) is 0 Å². The Bertz CT molecular complexity index is 880. The Morgan fingerprint density at radius 1 is 1.04 bits per heavy atom. The molecule has 0 atom stereocenters. The van der Waals surface area contributed by atoms with Crippen molar-refractivity contribution in [1.82, 2.24) is 9.88 Å². The summed E-state index contributed by atoms with van der Waals surface area (Å²) >= 11 is 1.60. The SMILES string of the molecule is CCc1ccc2nc(N(CCN(C)C)C(=O)Cc3ccccc3)sc2c1.Cl. The second-order valence-electron chi connectivity index (χ2n) is 6.66. The molecule has 0 aliphatic rings. The number of carbonyl (C=O) groups is 1. The fourth-order valence-electron chi connectivity index (χ4n) is 2.79. The van der Waals surface area contributed by atoms with Crippen molar-refractivity contribution in [3.8, 4) is 0 Å². The molecule has 1 heterocycles. The number of hydrogen-bond donors (Lipinski definition) is 0. The molecule has 0 saturated heterocycles. The van der Waals surface area contributed by atoms with Gasteiger partial charge in [0.05, 0.1) is 16.6 Å². The summed E-state index contributed by atoms with van der Waals surface area (Å²) in [6, 6.07) is 16.2. The van der Waals surface area contributed by atoms with Gasteiger partial charge in [-0.1, -0.05) is 54.7 Å².